The maximum absolute atomic E-state index is 12.4. The summed E-state index contributed by atoms with van der Waals surface area (Å²) >= 11 is 6.22. The van der Waals surface area contributed by atoms with Crippen LogP contribution in [0.25, 0.3) is 10.9 Å². The third-order valence-corrected chi connectivity index (χ3v) is 4.69. The number of esters is 1. The van der Waals surface area contributed by atoms with Crippen molar-refractivity contribution in [1.29, 1.82) is 0 Å². The van der Waals surface area contributed by atoms with E-state index in [0.29, 0.717) is 23.7 Å². The van der Waals surface area contributed by atoms with E-state index in [1.165, 1.54) is 5.56 Å². The summed E-state index contributed by atoms with van der Waals surface area (Å²) in [5, 5.41) is 4.93. The minimum absolute atomic E-state index is 0. The highest BCUT2D eigenvalue weighted by atomic mass is 35.5. The molecule has 142 valence electrons. The van der Waals surface area contributed by atoms with Crippen LogP contribution >= 0.6 is 11.6 Å². The quantitative estimate of drug-likeness (QED) is 0.639. The number of halogens is 2. The van der Waals surface area contributed by atoms with Crippen molar-refractivity contribution in [3.63, 3.8) is 0 Å². The molecule has 0 aliphatic heterocycles. The average molecular weight is 404 g/mol. The van der Waals surface area contributed by atoms with Gasteiger partial charge in [-0.1, -0.05) is 41.9 Å². The van der Waals surface area contributed by atoms with E-state index in [4.69, 9.17) is 16.3 Å². The molecule has 0 aliphatic rings. The highest BCUT2D eigenvalue weighted by Crippen LogP contribution is 2.31. The molecule has 0 saturated carbocycles. The molecule has 1 heterocycles. The van der Waals surface area contributed by atoms with E-state index in [1.807, 2.05) is 37.3 Å². The average Bonchev–Trinajstić information content (AvgIpc) is 2.66. The van der Waals surface area contributed by atoms with Crippen LogP contribution in [0.2, 0.25) is 5.02 Å². The van der Waals surface area contributed by atoms with Crippen molar-refractivity contribution >= 4 is 34.2 Å². The normalized spacial score (nSPS) is 10.3. The Morgan fingerprint density at radius 1 is 1.19 bits per heavy atom. The molecule has 0 spiro atoms. The minimum Gasteiger partial charge on any atom is -1.00 e. The lowest BCUT2D eigenvalue weighted by molar-refractivity contribution is -0.0000234. The van der Waals surface area contributed by atoms with Gasteiger partial charge in [-0.05, 0) is 43.5 Å². The molecule has 3 aromatic rings. The first-order valence-corrected chi connectivity index (χ1v) is 9.02. The molecule has 0 amide bonds. The Morgan fingerprint density at radius 2 is 1.93 bits per heavy atom. The first kappa shape index (κ1) is 21.0. The van der Waals surface area contributed by atoms with Crippen molar-refractivity contribution in [2.75, 3.05) is 18.5 Å². The summed E-state index contributed by atoms with van der Waals surface area (Å²) in [6.45, 7) is 4.73. The SMILES string of the molecule is CCOC(=O)c1cnc2c(C)c(Cl)ccc2c1NCCc1ccccc1.[Cl-]. The highest BCUT2D eigenvalue weighted by Gasteiger charge is 2.18. The molecule has 0 aliphatic carbocycles. The first-order chi connectivity index (χ1) is 12.6. The Balaban J connectivity index is 0.00000261. The third kappa shape index (κ3) is 4.71. The Bertz CT molecular complexity index is 930. The predicted molar refractivity (Wildman–Crippen MR) is 106 cm³/mol. The number of hydrogen-bond acceptors (Lipinski definition) is 4. The standard InChI is InChI=1S/C21H21ClN2O2.ClH/c1-3-26-21(25)17-13-24-19-14(2)18(22)10-9-16(19)20(17)23-12-11-15-7-5-4-6-8-15;/h4-10,13H,3,11-12H2,1-2H3,(H,23,24);1H/p-1. The lowest BCUT2D eigenvalue weighted by Crippen LogP contribution is -3.00. The smallest absolute Gasteiger partial charge is 0.341 e. The van der Waals surface area contributed by atoms with Crippen molar-refractivity contribution in [3.8, 4) is 0 Å². The second kappa shape index (κ2) is 9.58. The van der Waals surface area contributed by atoms with Crippen LogP contribution in [0.1, 0.15) is 28.4 Å². The zero-order valence-corrected chi connectivity index (χ0v) is 16.8. The molecule has 1 N–H and O–H groups in total. The van der Waals surface area contributed by atoms with Crippen molar-refractivity contribution in [1.82, 2.24) is 4.98 Å². The molecule has 4 nitrogen and oxygen atoms in total. The number of anilines is 1. The van der Waals surface area contributed by atoms with Gasteiger partial charge in [0.25, 0.3) is 0 Å². The number of hydrogen-bond donors (Lipinski definition) is 1. The van der Waals surface area contributed by atoms with Gasteiger partial charge in [0, 0.05) is 23.2 Å². The fourth-order valence-electron chi connectivity index (χ4n) is 2.91. The van der Waals surface area contributed by atoms with E-state index in [-0.39, 0.29) is 18.4 Å². The van der Waals surface area contributed by atoms with Gasteiger partial charge >= 0.3 is 5.97 Å². The molecule has 0 radical (unpaired) electrons. The van der Waals surface area contributed by atoms with E-state index < -0.39 is 0 Å². The number of aryl methyl sites for hydroxylation is 1. The molecule has 0 fully saturated rings. The Labute approximate surface area is 170 Å². The largest absolute Gasteiger partial charge is 1.00 e. The summed E-state index contributed by atoms with van der Waals surface area (Å²) in [6.07, 6.45) is 2.41. The summed E-state index contributed by atoms with van der Waals surface area (Å²) in [5.74, 6) is -0.378. The lowest BCUT2D eigenvalue weighted by atomic mass is 10.1. The van der Waals surface area contributed by atoms with Gasteiger partial charge in [-0.2, -0.15) is 0 Å². The Morgan fingerprint density at radius 3 is 2.63 bits per heavy atom. The van der Waals surface area contributed by atoms with E-state index in [2.05, 4.69) is 22.4 Å². The molecule has 0 saturated heterocycles. The first-order valence-electron chi connectivity index (χ1n) is 8.64. The molecule has 1 aromatic heterocycles. The van der Waals surface area contributed by atoms with E-state index in [9.17, 15) is 4.79 Å². The molecule has 0 bridgehead atoms. The number of nitrogens with one attached hydrogen (secondary N) is 1. The number of rotatable bonds is 6. The fourth-order valence-corrected chi connectivity index (χ4v) is 3.07. The van der Waals surface area contributed by atoms with Crippen LogP contribution in [0, 0.1) is 6.92 Å². The van der Waals surface area contributed by atoms with Crippen molar-refractivity contribution in [2.45, 2.75) is 20.3 Å². The van der Waals surface area contributed by atoms with Gasteiger partial charge in [-0.3, -0.25) is 4.98 Å². The molecule has 3 rings (SSSR count). The van der Waals surface area contributed by atoms with Crippen molar-refractivity contribution < 1.29 is 21.9 Å². The summed E-state index contributed by atoms with van der Waals surface area (Å²) in [4.78, 5) is 16.8. The van der Waals surface area contributed by atoms with Crippen LogP contribution in [-0.4, -0.2) is 24.1 Å². The molecular weight excluding hydrogens is 383 g/mol. The number of pyridine rings is 1. The number of carbonyl (C=O) groups excluding carboxylic acids is 1. The van der Waals surface area contributed by atoms with Gasteiger partial charge in [0.15, 0.2) is 0 Å². The van der Waals surface area contributed by atoms with Crippen LogP contribution in [-0.2, 0) is 11.2 Å². The number of carbonyl (C=O) groups is 1. The van der Waals surface area contributed by atoms with Crippen molar-refractivity contribution in [3.05, 3.63) is 70.4 Å². The number of benzene rings is 2. The summed E-state index contributed by atoms with van der Waals surface area (Å²) in [5.41, 5.74) is 4.09. The number of aromatic nitrogens is 1. The maximum atomic E-state index is 12.4. The minimum atomic E-state index is -0.378. The zero-order chi connectivity index (χ0) is 18.5. The molecule has 0 unspecified atom stereocenters. The topological polar surface area (TPSA) is 51.2 Å². The molecule has 2 aromatic carbocycles. The predicted octanol–water partition coefficient (Wildman–Crippen LogP) is 2.03. The van der Waals surface area contributed by atoms with E-state index >= 15 is 0 Å². The van der Waals surface area contributed by atoms with Gasteiger partial charge in [-0.25, -0.2) is 4.79 Å². The van der Waals surface area contributed by atoms with Crippen molar-refractivity contribution in [2.24, 2.45) is 0 Å². The number of nitrogens with zero attached hydrogens (tertiary/aromatic N) is 1. The van der Waals surface area contributed by atoms with Crippen LogP contribution < -0.4 is 17.7 Å². The second-order valence-corrected chi connectivity index (χ2v) is 6.41. The third-order valence-electron chi connectivity index (χ3n) is 4.28. The zero-order valence-electron chi connectivity index (χ0n) is 15.3. The van der Waals surface area contributed by atoms with Gasteiger partial charge in [0.2, 0.25) is 0 Å². The second-order valence-electron chi connectivity index (χ2n) is 6.00. The fraction of sp³-hybridized carbons (Fsp3) is 0.238. The Kier molecular flexibility index (Phi) is 7.45. The molecule has 27 heavy (non-hydrogen) atoms. The lowest BCUT2D eigenvalue weighted by Gasteiger charge is -2.15. The number of ether oxygens (including phenoxy) is 1. The maximum Gasteiger partial charge on any atom is 0.341 e. The van der Waals surface area contributed by atoms with Crippen LogP contribution in [0.4, 0.5) is 5.69 Å². The van der Waals surface area contributed by atoms with Crippen LogP contribution in [0.5, 0.6) is 0 Å². The monoisotopic (exact) mass is 403 g/mol. The van der Waals surface area contributed by atoms with Crippen LogP contribution in [0.3, 0.4) is 0 Å². The van der Waals surface area contributed by atoms with Gasteiger partial charge in [0.1, 0.15) is 5.56 Å². The van der Waals surface area contributed by atoms with Crippen LogP contribution in [0.15, 0.2) is 48.7 Å². The summed E-state index contributed by atoms with van der Waals surface area (Å²) in [6, 6.07) is 13.9. The summed E-state index contributed by atoms with van der Waals surface area (Å²) < 4.78 is 5.19. The number of fused-ring (bicyclic) bond motifs is 1. The van der Waals surface area contributed by atoms with E-state index in [0.717, 1.165) is 28.6 Å². The molecule has 0 atom stereocenters. The van der Waals surface area contributed by atoms with Gasteiger partial charge < -0.3 is 22.5 Å². The molecule has 6 heteroatoms. The van der Waals surface area contributed by atoms with E-state index in [1.54, 1.807) is 13.1 Å². The molecular formula is C21H21Cl2N2O2-. The summed E-state index contributed by atoms with van der Waals surface area (Å²) in [7, 11) is 0. The highest BCUT2D eigenvalue weighted by molar-refractivity contribution is 6.32. The van der Waals surface area contributed by atoms with Gasteiger partial charge in [0.05, 0.1) is 17.8 Å². The Hall–Kier alpha value is -2.30. The van der Waals surface area contributed by atoms with Gasteiger partial charge in [-0.15, -0.1) is 0 Å².